The number of nitriles is 1. The van der Waals surface area contributed by atoms with Crippen molar-refractivity contribution in [2.24, 2.45) is 5.73 Å². The van der Waals surface area contributed by atoms with Crippen LogP contribution in [0.3, 0.4) is 0 Å². The second-order valence-corrected chi connectivity index (χ2v) is 5.03. The summed E-state index contributed by atoms with van der Waals surface area (Å²) in [6, 6.07) is 11.5. The molecule has 0 atom stereocenters. The lowest BCUT2D eigenvalue weighted by atomic mass is 10.1. The smallest absolute Gasteiger partial charge is 0.134 e. The molecule has 0 aliphatic heterocycles. The number of nitrogens with two attached hydrogens (primary N) is 1. The average molecular weight is 335 g/mol. The number of rotatable bonds is 4. The number of hydrogen-bond donors (Lipinski definition) is 1. The highest BCUT2D eigenvalue weighted by Crippen LogP contribution is 2.27. The van der Waals surface area contributed by atoms with Crippen molar-refractivity contribution in [3.05, 3.63) is 63.4 Å². The van der Waals surface area contributed by atoms with E-state index in [0.717, 1.165) is 10.0 Å². The van der Waals surface area contributed by atoms with Crippen LogP contribution in [-0.2, 0) is 13.2 Å². The topological polar surface area (TPSA) is 59.0 Å². The molecule has 0 spiro atoms. The van der Waals surface area contributed by atoms with E-state index in [9.17, 15) is 4.39 Å². The molecule has 0 bridgehead atoms. The molecule has 0 aliphatic rings. The monoisotopic (exact) mass is 334 g/mol. The first-order valence-electron chi connectivity index (χ1n) is 5.94. The Kier molecular flexibility index (Phi) is 4.72. The summed E-state index contributed by atoms with van der Waals surface area (Å²) in [5.41, 5.74) is 7.45. The van der Waals surface area contributed by atoms with E-state index >= 15 is 0 Å². The van der Waals surface area contributed by atoms with E-state index in [1.165, 1.54) is 18.2 Å². The van der Waals surface area contributed by atoms with Crippen molar-refractivity contribution >= 4 is 15.9 Å². The number of hydrogen-bond acceptors (Lipinski definition) is 3. The Labute approximate surface area is 124 Å². The summed E-state index contributed by atoms with van der Waals surface area (Å²) in [5.74, 6) is 0.232. The Morgan fingerprint density at radius 2 is 2.05 bits per heavy atom. The molecule has 0 amide bonds. The summed E-state index contributed by atoms with van der Waals surface area (Å²) < 4.78 is 19.6. The Morgan fingerprint density at radius 3 is 2.70 bits per heavy atom. The molecule has 2 rings (SSSR count). The number of ether oxygens (including phenoxy) is 1. The van der Waals surface area contributed by atoms with Crippen LogP contribution in [0, 0.1) is 17.1 Å². The van der Waals surface area contributed by atoms with E-state index in [1.54, 1.807) is 6.07 Å². The SMILES string of the molecule is N#Cc1ccc(F)cc1COc1ccc(CN)cc1Br. The number of benzene rings is 2. The van der Waals surface area contributed by atoms with Crippen molar-refractivity contribution < 1.29 is 9.13 Å². The number of nitrogens with zero attached hydrogens (tertiary/aromatic N) is 1. The molecule has 0 unspecified atom stereocenters. The third-order valence-corrected chi connectivity index (χ3v) is 3.42. The van der Waals surface area contributed by atoms with Crippen LogP contribution in [0.15, 0.2) is 40.9 Å². The van der Waals surface area contributed by atoms with Crippen molar-refractivity contribution in [3.63, 3.8) is 0 Å². The molecule has 3 nitrogen and oxygen atoms in total. The van der Waals surface area contributed by atoms with Gasteiger partial charge in [-0.15, -0.1) is 0 Å². The summed E-state index contributed by atoms with van der Waals surface area (Å²) in [5, 5.41) is 8.98. The van der Waals surface area contributed by atoms with Gasteiger partial charge in [0.2, 0.25) is 0 Å². The number of halogens is 2. The molecule has 0 heterocycles. The first-order valence-corrected chi connectivity index (χ1v) is 6.73. The Bertz CT molecular complexity index is 667. The van der Waals surface area contributed by atoms with Crippen LogP contribution >= 0.6 is 15.9 Å². The van der Waals surface area contributed by atoms with Gasteiger partial charge in [0.05, 0.1) is 16.1 Å². The summed E-state index contributed by atoms with van der Waals surface area (Å²) in [4.78, 5) is 0. The third kappa shape index (κ3) is 3.35. The van der Waals surface area contributed by atoms with Crippen LogP contribution in [0.1, 0.15) is 16.7 Å². The highest BCUT2D eigenvalue weighted by molar-refractivity contribution is 9.10. The van der Waals surface area contributed by atoms with E-state index in [0.29, 0.717) is 23.4 Å². The van der Waals surface area contributed by atoms with E-state index in [2.05, 4.69) is 15.9 Å². The van der Waals surface area contributed by atoms with Crippen LogP contribution in [0.4, 0.5) is 4.39 Å². The van der Waals surface area contributed by atoms with Gasteiger partial charge in [-0.2, -0.15) is 5.26 Å². The zero-order valence-corrected chi connectivity index (χ0v) is 12.2. The van der Waals surface area contributed by atoms with Gasteiger partial charge in [-0.1, -0.05) is 6.07 Å². The van der Waals surface area contributed by atoms with Crippen molar-refractivity contribution in [3.8, 4) is 11.8 Å². The maximum atomic E-state index is 13.2. The van der Waals surface area contributed by atoms with Gasteiger partial charge in [0.1, 0.15) is 18.2 Å². The standard InChI is InChI=1S/C15H12BrFN2O/c16-14-5-10(7-18)1-4-15(14)20-9-12-6-13(17)3-2-11(12)8-19/h1-6H,7,9,18H2. The lowest BCUT2D eigenvalue weighted by Crippen LogP contribution is -2.01. The first kappa shape index (κ1) is 14.5. The highest BCUT2D eigenvalue weighted by atomic mass is 79.9. The van der Waals surface area contributed by atoms with E-state index < -0.39 is 0 Å². The molecule has 0 aromatic heterocycles. The van der Waals surface area contributed by atoms with Crippen LogP contribution in [0.25, 0.3) is 0 Å². The van der Waals surface area contributed by atoms with Crippen molar-refractivity contribution in [2.45, 2.75) is 13.2 Å². The Morgan fingerprint density at radius 1 is 1.25 bits per heavy atom. The van der Waals surface area contributed by atoms with Gasteiger partial charge in [0.25, 0.3) is 0 Å². The lowest BCUT2D eigenvalue weighted by molar-refractivity contribution is 0.303. The van der Waals surface area contributed by atoms with Gasteiger partial charge in [-0.3, -0.25) is 0 Å². The van der Waals surface area contributed by atoms with Crippen molar-refractivity contribution in [2.75, 3.05) is 0 Å². The third-order valence-electron chi connectivity index (χ3n) is 2.80. The molecular weight excluding hydrogens is 323 g/mol. The second-order valence-electron chi connectivity index (χ2n) is 4.17. The molecule has 2 aromatic carbocycles. The summed E-state index contributed by atoms with van der Waals surface area (Å²) in [6.07, 6.45) is 0. The van der Waals surface area contributed by atoms with Gasteiger partial charge >= 0.3 is 0 Å². The van der Waals surface area contributed by atoms with Crippen LogP contribution in [-0.4, -0.2) is 0 Å². The predicted octanol–water partition coefficient (Wildman–Crippen LogP) is 3.50. The van der Waals surface area contributed by atoms with Crippen LogP contribution in [0.2, 0.25) is 0 Å². The van der Waals surface area contributed by atoms with E-state index in [4.69, 9.17) is 15.7 Å². The molecule has 2 N–H and O–H groups in total. The van der Waals surface area contributed by atoms with E-state index in [-0.39, 0.29) is 12.4 Å². The van der Waals surface area contributed by atoms with Crippen LogP contribution in [0.5, 0.6) is 5.75 Å². The molecule has 0 radical (unpaired) electrons. The molecule has 0 aliphatic carbocycles. The molecule has 20 heavy (non-hydrogen) atoms. The molecule has 2 aromatic rings. The Balaban J connectivity index is 2.17. The lowest BCUT2D eigenvalue weighted by Gasteiger charge is -2.10. The molecule has 0 saturated carbocycles. The fourth-order valence-corrected chi connectivity index (χ4v) is 2.28. The molecule has 5 heteroatoms. The summed E-state index contributed by atoms with van der Waals surface area (Å²) >= 11 is 3.39. The minimum atomic E-state index is -0.389. The zero-order valence-electron chi connectivity index (χ0n) is 10.6. The molecule has 0 fully saturated rings. The molecule has 0 saturated heterocycles. The average Bonchev–Trinajstić information content (AvgIpc) is 2.46. The first-order chi connectivity index (χ1) is 9.63. The fraction of sp³-hybridized carbons (Fsp3) is 0.133. The van der Waals surface area contributed by atoms with E-state index in [1.807, 2.05) is 18.2 Å². The molecular formula is C15H12BrFN2O. The van der Waals surface area contributed by atoms with Gasteiger partial charge in [-0.25, -0.2) is 4.39 Å². The quantitative estimate of drug-likeness (QED) is 0.930. The fourth-order valence-electron chi connectivity index (χ4n) is 1.73. The maximum Gasteiger partial charge on any atom is 0.134 e. The maximum absolute atomic E-state index is 13.2. The normalized spacial score (nSPS) is 10.1. The Hall–Kier alpha value is -1.90. The summed E-state index contributed by atoms with van der Waals surface area (Å²) in [7, 11) is 0. The predicted molar refractivity (Wildman–Crippen MR) is 77.5 cm³/mol. The van der Waals surface area contributed by atoms with Crippen molar-refractivity contribution in [1.82, 2.24) is 0 Å². The largest absolute Gasteiger partial charge is 0.488 e. The highest BCUT2D eigenvalue weighted by Gasteiger charge is 2.07. The summed E-state index contributed by atoms with van der Waals surface area (Å²) in [6.45, 7) is 0.572. The van der Waals surface area contributed by atoms with Gasteiger partial charge in [-0.05, 0) is 51.8 Å². The zero-order chi connectivity index (χ0) is 14.5. The minimum absolute atomic E-state index is 0.126. The molecule has 102 valence electrons. The van der Waals surface area contributed by atoms with Gasteiger partial charge in [0.15, 0.2) is 0 Å². The van der Waals surface area contributed by atoms with Gasteiger partial charge in [0, 0.05) is 12.1 Å². The second kappa shape index (κ2) is 6.51. The van der Waals surface area contributed by atoms with Crippen LogP contribution < -0.4 is 10.5 Å². The minimum Gasteiger partial charge on any atom is -0.488 e. The van der Waals surface area contributed by atoms with Crippen molar-refractivity contribution in [1.29, 1.82) is 5.26 Å². The van der Waals surface area contributed by atoms with Gasteiger partial charge < -0.3 is 10.5 Å².